The van der Waals surface area contributed by atoms with Gasteiger partial charge in [0.2, 0.25) is 11.8 Å². The normalized spacial score (nSPS) is 22.7. The van der Waals surface area contributed by atoms with Crippen LogP contribution < -0.4 is 0 Å². The Kier molecular flexibility index (Phi) is 5.05. The van der Waals surface area contributed by atoms with E-state index < -0.39 is 0 Å². The van der Waals surface area contributed by atoms with E-state index >= 15 is 0 Å². The van der Waals surface area contributed by atoms with Crippen LogP contribution >= 0.6 is 0 Å². The number of carbonyl (C=O) groups excluding carboxylic acids is 2. The van der Waals surface area contributed by atoms with Crippen LogP contribution in [0.4, 0.5) is 0 Å². The molecule has 1 aromatic carbocycles. The van der Waals surface area contributed by atoms with Crippen molar-refractivity contribution in [2.45, 2.75) is 57.4 Å². The molecular weight excluding hydrogens is 378 g/mol. The molecule has 3 aliphatic rings. The van der Waals surface area contributed by atoms with Gasteiger partial charge in [0.25, 0.3) is 0 Å². The summed E-state index contributed by atoms with van der Waals surface area (Å²) in [7, 11) is 0. The molecule has 2 amide bonds. The molecular formula is C23H29N5O2. The Morgan fingerprint density at radius 2 is 1.83 bits per heavy atom. The molecule has 2 aromatic rings. The fourth-order valence-corrected chi connectivity index (χ4v) is 4.63. The van der Waals surface area contributed by atoms with Crippen molar-refractivity contribution in [1.29, 1.82) is 0 Å². The van der Waals surface area contributed by atoms with Crippen LogP contribution in [0.15, 0.2) is 24.3 Å². The molecule has 2 aliphatic heterocycles. The number of likely N-dealkylation sites (tertiary alicyclic amines) is 2. The van der Waals surface area contributed by atoms with E-state index in [0.29, 0.717) is 31.3 Å². The third-order valence-corrected chi connectivity index (χ3v) is 6.71. The van der Waals surface area contributed by atoms with Crippen molar-refractivity contribution in [3.05, 3.63) is 47.0 Å². The molecule has 0 radical (unpaired) electrons. The summed E-state index contributed by atoms with van der Waals surface area (Å²) in [4.78, 5) is 34.0. The highest BCUT2D eigenvalue weighted by atomic mass is 16.2. The number of carbonyl (C=O) groups is 2. The quantitative estimate of drug-likeness (QED) is 0.826. The molecule has 7 nitrogen and oxygen atoms in total. The summed E-state index contributed by atoms with van der Waals surface area (Å²) in [5.41, 5.74) is 2.32. The number of aromatic amines is 1. The molecule has 3 heterocycles. The SMILES string of the molecule is Cc1ccc(CN2CC(C(=O)N3CCC(c4nc(C5CC5)n[nH]4)CC3)CC2=O)cc1. The lowest BCUT2D eigenvalue weighted by molar-refractivity contribution is -0.136. The molecule has 0 bridgehead atoms. The highest BCUT2D eigenvalue weighted by molar-refractivity contribution is 5.89. The summed E-state index contributed by atoms with van der Waals surface area (Å²) in [5, 5.41) is 7.48. The van der Waals surface area contributed by atoms with E-state index in [1.807, 2.05) is 9.80 Å². The molecule has 0 spiro atoms. The van der Waals surface area contributed by atoms with Gasteiger partial charge in [-0.3, -0.25) is 14.7 Å². The number of amides is 2. The third-order valence-electron chi connectivity index (χ3n) is 6.71. The predicted molar refractivity (Wildman–Crippen MR) is 112 cm³/mol. The average Bonchev–Trinajstić information content (AvgIpc) is 3.38. The Labute approximate surface area is 176 Å². The van der Waals surface area contributed by atoms with E-state index in [4.69, 9.17) is 0 Å². The number of aryl methyl sites for hydroxylation is 1. The molecule has 2 saturated heterocycles. The number of piperidine rings is 1. The standard InChI is InChI=1S/C23H29N5O2/c1-15-2-4-16(5-3-15)13-28-14-19(12-20(28)29)23(30)27-10-8-18(9-11-27)22-24-21(25-26-22)17-6-7-17/h2-5,17-19H,6-14H2,1H3,(H,24,25,26). The first-order chi connectivity index (χ1) is 14.6. The maximum Gasteiger partial charge on any atom is 0.227 e. The van der Waals surface area contributed by atoms with E-state index in [1.165, 1.54) is 18.4 Å². The second-order valence-electron chi connectivity index (χ2n) is 9.11. The number of nitrogens with zero attached hydrogens (tertiary/aromatic N) is 4. The second kappa shape index (κ2) is 7.85. The van der Waals surface area contributed by atoms with Gasteiger partial charge in [-0.2, -0.15) is 5.10 Å². The highest BCUT2D eigenvalue weighted by Gasteiger charge is 2.38. The zero-order valence-corrected chi connectivity index (χ0v) is 17.5. The highest BCUT2D eigenvalue weighted by Crippen LogP contribution is 2.38. The number of H-pyrrole nitrogens is 1. The molecule has 1 N–H and O–H groups in total. The number of rotatable bonds is 5. The average molecular weight is 408 g/mol. The Morgan fingerprint density at radius 1 is 1.10 bits per heavy atom. The van der Waals surface area contributed by atoms with Gasteiger partial charge in [-0.1, -0.05) is 29.8 Å². The van der Waals surface area contributed by atoms with Crippen molar-refractivity contribution >= 4 is 11.8 Å². The van der Waals surface area contributed by atoms with Gasteiger partial charge >= 0.3 is 0 Å². The number of nitrogens with one attached hydrogen (secondary N) is 1. The van der Waals surface area contributed by atoms with E-state index in [-0.39, 0.29) is 17.7 Å². The lowest BCUT2D eigenvalue weighted by atomic mass is 9.95. The van der Waals surface area contributed by atoms with Crippen molar-refractivity contribution in [3.63, 3.8) is 0 Å². The van der Waals surface area contributed by atoms with Gasteiger partial charge in [0.15, 0.2) is 5.82 Å². The van der Waals surface area contributed by atoms with E-state index in [0.717, 1.165) is 43.1 Å². The Morgan fingerprint density at radius 3 is 2.53 bits per heavy atom. The van der Waals surface area contributed by atoms with E-state index in [1.54, 1.807) is 0 Å². The van der Waals surface area contributed by atoms with Crippen molar-refractivity contribution < 1.29 is 9.59 Å². The first kappa shape index (κ1) is 19.3. The lowest BCUT2D eigenvalue weighted by Gasteiger charge is -2.32. The topological polar surface area (TPSA) is 82.2 Å². The smallest absolute Gasteiger partial charge is 0.227 e. The van der Waals surface area contributed by atoms with Gasteiger partial charge in [-0.15, -0.1) is 0 Å². The molecule has 1 saturated carbocycles. The van der Waals surface area contributed by atoms with Crippen LogP contribution in [0.5, 0.6) is 0 Å². The van der Waals surface area contributed by atoms with Crippen molar-refractivity contribution in [3.8, 4) is 0 Å². The summed E-state index contributed by atoms with van der Waals surface area (Å²) in [6, 6.07) is 8.23. The van der Waals surface area contributed by atoms with Gasteiger partial charge in [0.05, 0.1) is 5.92 Å². The van der Waals surface area contributed by atoms with Crippen LogP contribution in [-0.4, -0.2) is 56.4 Å². The second-order valence-corrected chi connectivity index (χ2v) is 9.11. The molecule has 5 rings (SSSR count). The summed E-state index contributed by atoms with van der Waals surface area (Å²) in [6.45, 7) is 4.62. The van der Waals surface area contributed by atoms with Crippen molar-refractivity contribution in [2.75, 3.05) is 19.6 Å². The van der Waals surface area contributed by atoms with Crippen molar-refractivity contribution in [2.24, 2.45) is 5.92 Å². The zero-order chi connectivity index (χ0) is 20.7. The summed E-state index contributed by atoms with van der Waals surface area (Å²) in [5.74, 6) is 2.83. The third kappa shape index (κ3) is 3.98. The molecule has 1 unspecified atom stereocenters. The Balaban J connectivity index is 1.14. The first-order valence-electron chi connectivity index (χ1n) is 11.1. The van der Waals surface area contributed by atoms with Crippen LogP contribution in [0.2, 0.25) is 0 Å². The fourth-order valence-electron chi connectivity index (χ4n) is 4.63. The van der Waals surface area contributed by atoms with Gasteiger partial charge in [0, 0.05) is 44.4 Å². The van der Waals surface area contributed by atoms with Crippen LogP contribution in [0.25, 0.3) is 0 Å². The summed E-state index contributed by atoms with van der Waals surface area (Å²) < 4.78 is 0. The number of hydrogen-bond donors (Lipinski definition) is 1. The predicted octanol–water partition coefficient (Wildman–Crippen LogP) is 2.75. The molecule has 1 atom stereocenters. The first-order valence-corrected chi connectivity index (χ1v) is 11.1. The van der Waals surface area contributed by atoms with Gasteiger partial charge in [-0.05, 0) is 38.2 Å². The van der Waals surface area contributed by atoms with Gasteiger partial charge < -0.3 is 9.80 Å². The van der Waals surface area contributed by atoms with Crippen LogP contribution in [0.3, 0.4) is 0 Å². The molecule has 30 heavy (non-hydrogen) atoms. The minimum absolute atomic E-state index is 0.0816. The Hall–Kier alpha value is -2.70. The minimum Gasteiger partial charge on any atom is -0.342 e. The summed E-state index contributed by atoms with van der Waals surface area (Å²) in [6.07, 6.45) is 4.53. The molecule has 7 heteroatoms. The Bertz CT molecular complexity index is 925. The van der Waals surface area contributed by atoms with Crippen LogP contribution in [0, 0.1) is 12.8 Å². The minimum atomic E-state index is -0.216. The molecule has 3 fully saturated rings. The van der Waals surface area contributed by atoms with Crippen LogP contribution in [0.1, 0.15) is 66.7 Å². The van der Waals surface area contributed by atoms with Crippen LogP contribution in [-0.2, 0) is 16.1 Å². The number of benzene rings is 1. The maximum absolute atomic E-state index is 13.0. The number of aromatic nitrogens is 3. The van der Waals surface area contributed by atoms with Gasteiger partial charge in [-0.25, -0.2) is 4.98 Å². The van der Waals surface area contributed by atoms with E-state index in [9.17, 15) is 9.59 Å². The fraction of sp³-hybridized carbons (Fsp3) is 0.565. The molecule has 1 aliphatic carbocycles. The summed E-state index contributed by atoms with van der Waals surface area (Å²) >= 11 is 0. The monoisotopic (exact) mass is 407 g/mol. The molecule has 1 aromatic heterocycles. The zero-order valence-electron chi connectivity index (χ0n) is 17.5. The maximum atomic E-state index is 13.0. The van der Waals surface area contributed by atoms with Gasteiger partial charge in [0.1, 0.15) is 5.82 Å². The largest absolute Gasteiger partial charge is 0.342 e. The lowest BCUT2D eigenvalue weighted by Crippen LogP contribution is -2.42. The van der Waals surface area contributed by atoms with Crippen molar-refractivity contribution in [1.82, 2.24) is 25.0 Å². The van der Waals surface area contributed by atoms with E-state index in [2.05, 4.69) is 46.4 Å². The number of hydrogen-bond acceptors (Lipinski definition) is 4. The molecule has 158 valence electrons.